The first kappa shape index (κ1) is 27.3. The number of carbonyl (C=O) groups is 1. The minimum atomic E-state index is -5.45. The van der Waals surface area contributed by atoms with E-state index in [1.807, 2.05) is 6.07 Å². The van der Waals surface area contributed by atoms with E-state index in [1.54, 1.807) is 24.5 Å². The summed E-state index contributed by atoms with van der Waals surface area (Å²) in [6.07, 6.45) is 0.695. The Morgan fingerprint density at radius 3 is 2.63 bits per heavy atom. The Morgan fingerprint density at radius 1 is 1.12 bits per heavy atom. The van der Waals surface area contributed by atoms with Crippen LogP contribution >= 0.6 is 0 Å². The molecule has 41 heavy (non-hydrogen) atoms. The average molecular weight is 582 g/mol. The SMILES string of the molecule is N#CCC(c1cccc(S(=O)(=O)N(OC(=O)C(F)(F)F)c2ccccc2)c1)n1cc(-c2ncnc3[nH]ccc23)cn1. The van der Waals surface area contributed by atoms with Crippen molar-refractivity contribution in [2.75, 3.05) is 4.47 Å². The van der Waals surface area contributed by atoms with Gasteiger partial charge in [0, 0.05) is 23.3 Å². The summed E-state index contributed by atoms with van der Waals surface area (Å²) in [5, 5.41) is 14.6. The molecule has 3 aromatic heterocycles. The first-order valence-electron chi connectivity index (χ1n) is 11.8. The number of nitrogens with zero attached hydrogens (tertiary/aromatic N) is 6. The number of fused-ring (bicyclic) bond motifs is 1. The van der Waals surface area contributed by atoms with Crippen LogP contribution in [0.4, 0.5) is 18.9 Å². The second-order valence-electron chi connectivity index (χ2n) is 8.57. The van der Waals surface area contributed by atoms with Crippen molar-refractivity contribution in [3.8, 4) is 17.3 Å². The van der Waals surface area contributed by atoms with Crippen LogP contribution in [0.1, 0.15) is 18.0 Å². The molecule has 1 unspecified atom stereocenters. The second kappa shape index (κ2) is 10.7. The highest BCUT2D eigenvalue weighted by molar-refractivity contribution is 7.92. The Morgan fingerprint density at radius 2 is 1.90 bits per heavy atom. The minimum Gasteiger partial charge on any atom is -0.346 e. The second-order valence-corrected chi connectivity index (χ2v) is 10.3. The van der Waals surface area contributed by atoms with Gasteiger partial charge < -0.3 is 9.82 Å². The van der Waals surface area contributed by atoms with Gasteiger partial charge in [-0.3, -0.25) is 4.68 Å². The molecule has 1 N–H and O–H groups in total. The molecular weight excluding hydrogens is 563 g/mol. The van der Waals surface area contributed by atoms with E-state index >= 15 is 0 Å². The highest BCUT2D eigenvalue weighted by Crippen LogP contribution is 2.31. The molecule has 0 spiro atoms. The molecule has 3 heterocycles. The number of alkyl halides is 3. The van der Waals surface area contributed by atoms with E-state index in [-0.39, 0.29) is 16.6 Å². The van der Waals surface area contributed by atoms with Crippen molar-refractivity contribution in [3.05, 3.63) is 91.1 Å². The summed E-state index contributed by atoms with van der Waals surface area (Å²) in [5.41, 5.74) is 1.79. The summed E-state index contributed by atoms with van der Waals surface area (Å²) in [4.78, 5) is 27.0. The van der Waals surface area contributed by atoms with E-state index in [1.165, 1.54) is 59.7 Å². The number of aromatic nitrogens is 5. The number of nitriles is 1. The van der Waals surface area contributed by atoms with E-state index in [0.29, 0.717) is 22.5 Å². The Labute approximate surface area is 230 Å². The zero-order valence-corrected chi connectivity index (χ0v) is 21.5. The molecule has 0 radical (unpaired) electrons. The van der Waals surface area contributed by atoms with Crippen molar-refractivity contribution in [2.45, 2.75) is 23.5 Å². The zero-order valence-electron chi connectivity index (χ0n) is 20.7. The number of anilines is 1. The molecule has 0 aliphatic heterocycles. The van der Waals surface area contributed by atoms with Crippen LogP contribution in [0.2, 0.25) is 0 Å². The first-order valence-corrected chi connectivity index (χ1v) is 13.2. The zero-order chi connectivity index (χ0) is 29.2. The fourth-order valence-electron chi connectivity index (χ4n) is 4.08. The van der Waals surface area contributed by atoms with Crippen LogP contribution in [-0.2, 0) is 19.7 Å². The average Bonchev–Trinajstić information content (AvgIpc) is 3.64. The number of benzene rings is 2. The number of nitrogens with one attached hydrogen (secondary N) is 1. The van der Waals surface area contributed by atoms with Crippen LogP contribution in [0.25, 0.3) is 22.3 Å². The van der Waals surface area contributed by atoms with Gasteiger partial charge in [0.05, 0.1) is 41.0 Å². The Balaban J connectivity index is 1.53. The molecule has 0 fully saturated rings. The highest BCUT2D eigenvalue weighted by Gasteiger charge is 2.45. The van der Waals surface area contributed by atoms with Crippen LogP contribution in [0.3, 0.4) is 0 Å². The van der Waals surface area contributed by atoms with Crippen molar-refractivity contribution in [2.24, 2.45) is 0 Å². The molecule has 0 aliphatic rings. The van der Waals surface area contributed by atoms with Crippen LogP contribution in [0.15, 0.2) is 90.5 Å². The predicted octanol–water partition coefficient (Wildman–Crippen LogP) is 4.54. The van der Waals surface area contributed by atoms with E-state index in [9.17, 15) is 31.6 Å². The van der Waals surface area contributed by atoms with Gasteiger partial charge in [-0.1, -0.05) is 34.8 Å². The number of halogens is 3. The predicted molar refractivity (Wildman–Crippen MR) is 138 cm³/mol. The number of hydrogen-bond acceptors (Lipinski definition) is 8. The Kier molecular flexibility index (Phi) is 7.16. The maximum Gasteiger partial charge on any atom is 0.493 e. The van der Waals surface area contributed by atoms with Gasteiger partial charge in [-0.25, -0.2) is 14.8 Å². The van der Waals surface area contributed by atoms with Gasteiger partial charge in [0.1, 0.15) is 12.0 Å². The maximum atomic E-state index is 13.5. The van der Waals surface area contributed by atoms with Gasteiger partial charge in [-0.05, 0) is 35.9 Å². The molecule has 1 atom stereocenters. The van der Waals surface area contributed by atoms with Crippen molar-refractivity contribution < 1.29 is 31.2 Å². The summed E-state index contributed by atoms with van der Waals surface area (Å²) in [5.74, 6) is -2.71. The number of hydrogen-bond donors (Lipinski definition) is 1. The maximum absolute atomic E-state index is 13.5. The molecule has 208 valence electrons. The van der Waals surface area contributed by atoms with Gasteiger partial charge in [0.2, 0.25) is 0 Å². The van der Waals surface area contributed by atoms with Crippen molar-refractivity contribution >= 4 is 32.7 Å². The molecule has 0 bridgehead atoms. The lowest BCUT2D eigenvalue weighted by molar-refractivity contribution is -0.199. The number of carbonyl (C=O) groups excluding carboxylic acids is 1. The Hall–Kier alpha value is -5.23. The van der Waals surface area contributed by atoms with Crippen LogP contribution < -0.4 is 4.47 Å². The monoisotopic (exact) mass is 581 g/mol. The molecule has 0 saturated carbocycles. The molecule has 15 heteroatoms. The summed E-state index contributed by atoms with van der Waals surface area (Å²) >= 11 is 0. The van der Waals surface area contributed by atoms with E-state index in [2.05, 4.69) is 24.9 Å². The minimum absolute atomic E-state index is 0.0789. The van der Waals surface area contributed by atoms with Gasteiger partial charge in [-0.2, -0.15) is 31.9 Å². The lowest BCUT2D eigenvalue weighted by atomic mass is 10.0. The van der Waals surface area contributed by atoms with Crippen LogP contribution in [-0.4, -0.2) is 45.3 Å². The normalized spacial score (nSPS) is 12.5. The Bertz CT molecular complexity index is 1870. The number of rotatable bonds is 8. The largest absolute Gasteiger partial charge is 0.493 e. The number of aromatic amines is 1. The van der Waals surface area contributed by atoms with Crippen molar-refractivity contribution in [1.29, 1.82) is 5.26 Å². The third-order valence-electron chi connectivity index (χ3n) is 5.96. The van der Waals surface area contributed by atoms with Gasteiger partial charge in [0.25, 0.3) is 10.0 Å². The third kappa shape index (κ3) is 5.45. The van der Waals surface area contributed by atoms with Crippen LogP contribution in [0, 0.1) is 11.3 Å². The van der Waals surface area contributed by atoms with Gasteiger partial charge in [0.15, 0.2) is 0 Å². The molecule has 0 aliphatic carbocycles. The molecule has 5 rings (SSSR count). The third-order valence-corrected chi connectivity index (χ3v) is 7.53. The first-order chi connectivity index (χ1) is 19.6. The van der Waals surface area contributed by atoms with Gasteiger partial charge >= 0.3 is 12.1 Å². The van der Waals surface area contributed by atoms with Crippen LogP contribution in [0.5, 0.6) is 0 Å². The topological polar surface area (TPSA) is 147 Å². The number of para-hydroxylation sites is 1. The number of sulfonamides is 1. The molecule has 0 saturated heterocycles. The van der Waals surface area contributed by atoms with E-state index < -0.39 is 33.1 Å². The quantitative estimate of drug-likeness (QED) is 0.263. The fourth-order valence-corrected chi connectivity index (χ4v) is 5.37. The molecular formula is C26H18F3N7O4S. The molecule has 2 aromatic carbocycles. The highest BCUT2D eigenvalue weighted by atomic mass is 32.2. The van der Waals surface area contributed by atoms with Crippen molar-refractivity contribution in [3.63, 3.8) is 0 Å². The fraction of sp³-hybridized carbons (Fsp3) is 0.115. The summed E-state index contributed by atoms with van der Waals surface area (Å²) in [7, 11) is -4.86. The molecule has 5 aromatic rings. The van der Waals surface area contributed by atoms with E-state index in [4.69, 9.17) is 0 Å². The molecule has 11 nitrogen and oxygen atoms in total. The van der Waals surface area contributed by atoms with Gasteiger partial charge in [-0.15, -0.1) is 0 Å². The summed E-state index contributed by atoms with van der Waals surface area (Å²) < 4.78 is 67.5. The standard InChI is InChI=1S/C26H18F3N7O4S/c27-26(28,29)25(37)40-36(19-6-2-1-3-7-19)41(38,39)20-8-4-5-17(13-20)22(9-11-30)35-15-18(14-34-35)23-21-10-12-31-24(21)33-16-32-23/h1-8,10,12-16,22H,9H2,(H,31,32,33). The lowest BCUT2D eigenvalue weighted by Crippen LogP contribution is -2.38. The van der Waals surface area contributed by atoms with E-state index in [0.717, 1.165) is 11.5 Å². The lowest BCUT2D eigenvalue weighted by Gasteiger charge is -2.23. The number of H-pyrrole nitrogens is 1. The molecule has 0 amide bonds. The smallest absolute Gasteiger partial charge is 0.346 e. The summed E-state index contributed by atoms with van der Waals surface area (Å²) in [6, 6.07) is 14.9. The summed E-state index contributed by atoms with van der Waals surface area (Å²) in [6.45, 7) is 0. The van der Waals surface area contributed by atoms with Crippen molar-refractivity contribution in [1.82, 2.24) is 24.7 Å².